The Morgan fingerprint density at radius 1 is 1.33 bits per heavy atom. The predicted molar refractivity (Wildman–Crippen MR) is 92.5 cm³/mol. The molecule has 1 unspecified atom stereocenters. The van der Waals surface area contributed by atoms with Gasteiger partial charge in [-0.25, -0.2) is 0 Å². The predicted octanol–water partition coefficient (Wildman–Crippen LogP) is 4.85. The van der Waals surface area contributed by atoms with Gasteiger partial charge in [-0.05, 0) is 49.8 Å². The summed E-state index contributed by atoms with van der Waals surface area (Å²) in [5.41, 5.74) is 5.04. The molecule has 0 amide bonds. The van der Waals surface area contributed by atoms with Gasteiger partial charge in [0.25, 0.3) is 0 Å². The molecule has 112 valence electrons. The normalized spacial score (nSPS) is 18.6. The Labute approximate surface area is 128 Å². The van der Waals surface area contributed by atoms with Crippen LogP contribution in [0.3, 0.4) is 0 Å². The van der Waals surface area contributed by atoms with Gasteiger partial charge in [0.15, 0.2) is 0 Å². The first-order valence-electron chi connectivity index (χ1n) is 7.79. The fraction of sp³-hybridized carbons (Fsp3) is 0.421. The minimum Gasteiger partial charge on any atom is -0.378 e. The van der Waals surface area contributed by atoms with Gasteiger partial charge in [-0.2, -0.15) is 0 Å². The highest BCUT2D eigenvalue weighted by Crippen LogP contribution is 2.34. The maximum atomic E-state index is 4.61. The van der Waals surface area contributed by atoms with Crippen LogP contribution in [0.15, 0.2) is 48.2 Å². The van der Waals surface area contributed by atoms with E-state index in [1.807, 2.05) is 6.20 Å². The smallest absolute Gasteiger partial charge is 0.0685 e. The molecule has 1 aliphatic carbocycles. The summed E-state index contributed by atoms with van der Waals surface area (Å²) in [5.74, 6) is 0.543. The molecule has 0 N–H and O–H groups in total. The molecular weight excluding hydrogens is 256 g/mol. The third-order valence-electron chi connectivity index (χ3n) is 3.93. The van der Waals surface area contributed by atoms with Crippen LogP contribution in [0.1, 0.15) is 38.8 Å². The maximum Gasteiger partial charge on any atom is 0.0685 e. The van der Waals surface area contributed by atoms with Crippen LogP contribution in [0.25, 0.3) is 5.57 Å². The minimum atomic E-state index is 0.543. The van der Waals surface area contributed by atoms with Crippen molar-refractivity contribution in [3.63, 3.8) is 0 Å². The standard InChI is InChI=1S/C19H26N2/c1-5-6-7-8-16-10-9-15(2)13-18(16)19-14-17(21(3)4)11-12-20-19/h6-7,9,11-14,16H,5,8,10H2,1-4H3. The molecule has 1 heterocycles. The Hall–Kier alpha value is -1.83. The van der Waals surface area contributed by atoms with E-state index in [0.29, 0.717) is 5.92 Å². The third kappa shape index (κ3) is 4.07. The van der Waals surface area contributed by atoms with E-state index in [-0.39, 0.29) is 0 Å². The van der Waals surface area contributed by atoms with Crippen molar-refractivity contribution >= 4 is 11.3 Å². The Morgan fingerprint density at radius 2 is 2.14 bits per heavy atom. The number of nitrogens with zero attached hydrogens (tertiary/aromatic N) is 2. The summed E-state index contributed by atoms with van der Waals surface area (Å²) in [6, 6.07) is 4.25. The molecule has 0 saturated carbocycles. The summed E-state index contributed by atoms with van der Waals surface area (Å²) in [6.07, 6.45) is 14.4. The van der Waals surface area contributed by atoms with E-state index in [1.165, 1.54) is 16.8 Å². The van der Waals surface area contributed by atoms with Gasteiger partial charge >= 0.3 is 0 Å². The van der Waals surface area contributed by atoms with Crippen molar-refractivity contribution in [2.45, 2.75) is 33.1 Å². The molecule has 2 nitrogen and oxygen atoms in total. The van der Waals surface area contributed by atoms with Crippen molar-refractivity contribution in [2.24, 2.45) is 5.92 Å². The van der Waals surface area contributed by atoms with Crippen molar-refractivity contribution in [3.05, 3.63) is 53.9 Å². The van der Waals surface area contributed by atoms with Crippen LogP contribution in [0.5, 0.6) is 0 Å². The summed E-state index contributed by atoms with van der Waals surface area (Å²) in [7, 11) is 4.14. The van der Waals surface area contributed by atoms with Crippen molar-refractivity contribution in [1.82, 2.24) is 4.98 Å². The molecule has 0 spiro atoms. The summed E-state index contributed by atoms with van der Waals surface area (Å²) in [6.45, 7) is 4.36. The lowest BCUT2D eigenvalue weighted by Crippen LogP contribution is -2.11. The molecule has 0 aromatic carbocycles. The Kier molecular flexibility index (Phi) is 5.38. The average molecular weight is 282 g/mol. The summed E-state index contributed by atoms with van der Waals surface area (Å²) < 4.78 is 0. The highest BCUT2D eigenvalue weighted by atomic mass is 15.1. The molecule has 0 aliphatic heterocycles. The zero-order valence-corrected chi connectivity index (χ0v) is 13.6. The quantitative estimate of drug-likeness (QED) is 0.717. The molecule has 0 saturated heterocycles. The van der Waals surface area contributed by atoms with Crippen LogP contribution in [0.2, 0.25) is 0 Å². The van der Waals surface area contributed by atoms with Crippen LogP contribution in [-0.2, 0) is 0 Å². The van der Waals surface area contributed by atoms with Gasteiger partial charge in [0.1, 0.15) is 0 Å². The molecule has 0 radical (unpaired) electrons. The van der Waals surface area contributed by atoms with Gasteiger partial charge in [0.2, 0.25) is 0 Å². The molecular formula is C19H26N2. The van der Waals surface area contributed by atoms with Crippen LogP contribution in [0, 0.1) is 5.92 Å². The van der Waals surface area contributed by atoms with E-state index in [1.54, 1.807) is 0 Å². The van der Waals surface area contributed by atoms with Gasteiger partial charge in [-0.15, -0.1) is 0 Å². The number of hydrogen-bond donors (Lipinski definition) is 0. The van der Waals surface area contributed by atoms with Crippen molar-refractivity contribution in [1.29, 1.82) is 0 Å². The highest BCUT2D eigenvalue weighted by molar-refractivity contribution is 5.71. The summed E-state index contributed by atoms with van der Waals surface area (Å²) in [4.78, 5) is 6.74. The van der Waals surface area contributed by atoms with Crippen LogP contribution in [-0.4, -0.2) is 19.1 Å². The zero-order chi connectivity index (χ0) is 15.2. The first-order valence-corrected chi connectivity index (χ1v) is 7.79. The van der Waals surface area contributed by atoms with Gasteiger partial charge in [-0.3, -0.25) is 4.98 Å². The first kappa shape index (κ1) is 15.6. The van der Waals surface area contributed by atoms with E-state index < -0.39 is 0 Å². The lowest BCUT2D eigenvalue weighted by Gasteiger charge is -2.23. The topological polar surface area (TPSA) is 16.1 Å². The highest BCUT2D eigenvalue weighted by Gasteiger charge is 2.18. The third-order valence-corrected chi connectivity index (χ3v) is 3.93. The Balaban J connectivity index is 2.30. The van der Waals surface area contributed by atoms with Crippen LogP contribution >= 0.6 is 0 Å². The van der Waals surface area contributed by atoms with Gasteiger partial charge in [-0.1, -0.05) is 36.8 Å². The van der Waals surface area contributed by atoms with E-state index in [9.17, 15) is 0 Å². The molecule has 21 heavy (non-hydrogen) atoms. The molecule has 1 aromatic rings. The number of aromatic nitrogens is 1. The average Bonchev–Trinajstić information content (AvgIpc) is 2.49. The summed E-state index contributed by atoms with van der Waals surface area (Å²) in [5, 5.41) is 0. The maximum absolute atomic E-state index is 4.61. The SMILES string of the molecule is CCC=CCC1CC=C(C)C=C1c1cc(N(C)C)ccn1. The fourth-order valence-electron chi connectivity index (χ4n) is 2.67. The molecule has 1 aliphatic rings. The number of hydrogen-bond acceptors (Lipinski definition) is 2. The largest absolute Gasteiger partial charge is 0.378 e. The lowest BCUT2D eigenvalue weighted by atomic mass is 9.84. The molecule has 0 bridgehead atoms. The van der Waals surface area contributed by atoms with Gasteiger partial charge < -0.3 is 4.90 Å². The molecule has 1 atom stereocenters. The second-order valence-corrected chi connectivity index (χ2v) is 5.89. The number of rotatable bonds is 5. The van der Waals surface area contributed by atoms with Crippen LogP contribution < -0.4 is 4.90 Å². The monoisotopic (exact) mass is 282 g/mol. The molecule has 0 fully saturated rings. The summed E-state index contributed by atoms with van der Waals surface area (Å²) >= 11 is 0. The Bertz CT molecular complexity index is 565. The van der Waals surface area contributed by atoms with E-state index in [4.69, 9.17) is 0 Å². The lowest BCUT2D eigenvalue weighted by molar-refractivity contribution is 0.681. The Morgan fingerprint density at radius 3 is 2.86 bits per heavy atom. The molecule has 2 rings (SSSR count). The fourth-order valence-corrected chi connectivity index (χ4v) is 2.67. The van der Waals surface area contributed by atoms with Crippen molar-refractivity contribution < 1.29 is 0 Å². The number of anilines is 1. The minimum absolute atomic E-state index is 0.543. The van der Waals surface area contributed by atoms with Gasteiger partial charge in [0.05, 0.1) is 5.69 Å². The van der Waals surface area contributed by atoms with Crippen molar-refractivity contribution in [2.75, 3.05) is 19.0 Å². The number of allylic oxidation sites excluding steroid dienone is 6. The second kappa shape index (κ2) is 7.26. The number of pyridine rings is 1. The van der Waals surface area contributed by atoms with Crippen molar-refractivity contribution in [3.8, 4) is 0 Å². The molecule has 1 aromatic heterocycles. The van der Waals surface area contributed by atoms with E-state index in [2.05, 4.69) is 74.3 Å². The molecule has 2 heteroatoms. The van der Waals surface area contributed by atoms with Crippen LogP contribution in [0.4, 0.5) is 5.69 Å². The first-order chi connectivity index (χ1) is 10.1. The zero-order valence-electron chi connectivity index (χ0n) is 13.6. The van der Waals surface area contributed by atoms with E-state index in [0.717, 1.165) is 25.0 Å². The second-order valence-electron chi connectivity index (χ2n) is 5.89. The van der Waals surface area contributed by atoms with E-state index >= 15 is 0 Å². The van der Waals surface area contributed by atoms with Gasteiger partial charge in [0, 0.05) is 26.0 Å².